The topological polar surface area (TPSA) is 81.7 Å². The van der Waals surface area contributed by atoms with Crippen LogP contribution in [0.15, 0.2) is 30.3 Å². The number of aryl methyl sites for hydroxylation is 2. The molecule has 0 bridgehead atoms. The highest BCUT2D eigenvalue weighted by molar-refractivity contribution is 5.84. The van der Waals surface area contributed by atoms with Gasteiger partial charge >= 0.3 is 0 Å². The van der Waals surface area contributed by atoms with Crippen molar-refractivity contribution in [3.63, 3.8) is 0 Å². The Labute approximate surface area is 129 Å². The number of aromatic nitrogens is 4. The summed E-state index contributed by atoms with van der Waals surface area (Å²) in [7, 11) is 1.93. The number of nitrogens with zero attached hydrogens (tertiary/aromatic N) is 4. The van der Waals surface area contributed by atoms with Gasteiger partial charge in [-0.25, -0.2) is 4.98 Å². The Morgan fingerprint density at radius 3 is 2.59 bits per heavy atom. The highest BCUT2D eigenvalue weighted by Gasteiger charge is 2.16. The van der Waals surface area contributed by atoms with Gasteiger partial charge in [0.2, 0.25) is 5.95 Å². The summed E-state index contributed by atoms with van der Waals surface area (Å²) in [4.78, 5) is 13.2. The zero-order valence-corrected chi connectivity index (χ0v) is 13.0. The molecule has 2 heterocycles. The molecule has 0 aliphatic carbocycles. The molecule has 0 aliphatic rings. The second-order valence-corrected chi connectivity index (χ2v) is 5.34. The lowest BCUT2D eigenvalue weighted by Gasteiger charge is -2.18. The number of nitrogens with one attached hydrogen (secondary N) is 1. The number of benzene rings is 1. The third kappa shape index (κ3) is 2.47. The molecule has 0 saturated carbocycles. The summed E-state index contributed by atoms with van der Waals surface area (Å²) >= 11 is 0. The van der Waals surface area contributed by atoms with Crippen LogP contribution in [0.5, 0.6) is 0 Å². The van der Waals surface area contributed by atoms with Crippen molar-refractivity contribution in [2.75, 3.05) is 11.1 Å². The van der Waals surface area contributed by atoms with E-state index < -0.39 is 0 Å². The first kappa shape index (κ1) is 14.3. The molecule has 0 spiro atoms. The Bertz CT molecular complexity index is 793. The predicted molar refractivity (Wildman–Crippen MR) is 88.6 cm³/mol. The van der Waals surface area contributed by atoms with Gasteiger partial charge in [-0.05, 0) is 18.9 Å². The minimum atomic E-state index is 0.154. The molecular weight excluding hydrogens is 276 g/mol. The quantitative estimate of drug-likeness (QED) is 0.773. The number of rotatable bonds is 4. The maximum atomic E-state index is 5.86. The van der Waals surface area contributed by atoms with Crippen molar-refractivity contribution in [3.8, 4) is 0 Å². The largest absolute Gasteiger partial charge is 0.368 e. The summed E-state index contributed by atoms with van der Waals surface area (Å²) in [6.45, 7) is 4.08. The van der Waals surface area contributed by atoms with Crippen molar-refractivity contribution in [1.82, 2.24) is 19.5 Å². The van der Waals surface area contributed by atoms with Crippen molar-refractivity contribution >= 4 is 22.9 Å². The molecular formula is C16H20N6. The number of imidazole rings is 1. The van der Waals surface area contributed by atoms with Gasteiger partial charge in [0.25, 0.3) is 0 Å². The van der Waals surface area contributed by atoms with E-state index in [4.69, 9.17) is 5.73 Å². The first-order valence-electron chi connectivity index (χ1n) is 7.38. The normalized spacial score (nSPS) is 12.5. The fraction of sp³-hybridized carbons (Fsp3) is 0.312. The van der Waals surface area contributed by atoms with Gasteiger partial charge in [0, 0.05) is 7.05 Å². The van der Waals surface area contributed by atoms with E-state index in [0.29, 0.717) is 5.82 Å². The second-order valence-electron chi connectivity index (χ2n) is 5.34. The number of hydrogen-bond donors (Lipinski definition) is 2. The first-order chi connectivity index (χ1) is 10.6. The Kier molecular flexibility index (Phi) is 3.66. The fourth-order valence-corrected chi connectivity index (χ4v) is 2.56. The van der Waals surface area contributed by atoms with Gasteiger partial charge in [0.1, 0.15) is 5.82 Å². The molecule has 22 heavy (non-hydrogen) atoms. The standard InChI is InChI=1S/C16H20N6/c1-4-12(11-8-6-5-7-9-11)19-14-13-15(21-16(17)20-14)22(3)10(2)18-13/h5-9,12H,4H2,1-3H3,(H3,17,19,20,21). The number of nitrogen functional groups attached to an aromatic ring is 1. The van der Waals surface area contributed by atoms with Gasteiger partial charge in [-0.2, -0.15) is 9.97 Å². The summed E-state index contributed by atoms with van der Waals surface area (Å²) in [5.74, 6) is 1.81. The molecule has 3 rings (SSSR count). The number of anilines is 2. The first-order valence-corrected chi connectivity index (χ1v) is 7.38. The Hall–Kier alpha value is -2.63. The highest BCUT2D eigenvalue weighted by Crippen LogP contribution is 2.26. The van der Waals surface area contributed by atoms with Gasteiger partial charge in [-0.15, -0.1) is 0 Å². The molecule has 3 aromatic rings. The van der Waals surface area contributed by atoms with E-state index in [2.05, 4.69) is 39.3 Å². The zero-order valence-electron chi connectivity index (χ0n) is 13.0. The van der Waals surface area contributed by atoms with E-state index in [1.807, 2.05) is 36.7 Å². The molecule has 0 amide bonds. The summed E-state index contributed by atoms with van der Waals surface area (Å²) in [6.07, 6.45) is 0.932. The third-order valence-corrected chi connectivity index (χ3v) is 3.88. The summed E-state index contributed by atoms with van der Waals surface area (Å²) in [5.41, 5.74) is 8.57. The molecule has 6 heteroatoms. The minimum absolute atomic E-state index is 0.154. The lowest BCUT2D eigenvalue weighted by Crippen LogP contribution is -2.12. The van der Waals surface area contributed by atoms with Crippen LogP contribution in [-0.2, 0) is 7.05 Å². The minimum Gasteiger partial charge on any atom is -0.368 e. The number of hydrogen-bond acceptors (Lipinski definition) is 5. The van der Waals surface area contributed by atoms with Crippen LogP contribution >= 0.6 is 0 Å². The van der Waals surface area contributed by atoms with E-state index in [9.17, 15) is 0 Å². The Morgan fingerprint density at radius 2 is 1.91 bits per heavy atom. The van der Waals surface area contributed by atoms with Crippen LogP contribution in [0.2, 0.25) is 0 Å². The molecule has 1 unspecified atom stereocenters. The summed E-state index contributed by atoms with van der Waals surface area (Å²) in [6, 6.07) is 10.4. The van der Waals surface area contributed by atoms with Crippen LogP contribution < -0.4 is 11.1 Å². The van der Waals surface area contributed by atoms with Crippen LogP contribution in [0.4, 0.5) is 11.8 Å². The molecule has 0 aliphatic heterocycles. The molecule has 1 atom stereocenters. The lowest BCUT2D eigenvalue weighted by atomic mass is 10.0. The van der Waals surface area contributed by atoms with Gasteiger partial charge in [-0.1, -0.05) is 37.3 Å². The summed E-state index contributed by atoms with van der Waals surface area (Å²) in [5, 5.41) is 3.46. The van der Waals surface area contributed by atoms with E-state index in [1.54, 1.807) is 0 Å². The molecule has 0 radical (unpaired) electrons. The van der Waals surface area contributed by atoms with Gasteiger partial charge in [-0.3, -0.25) is 0 Å². The third-order valence-electron chi connectivity index (χ3n) is 3.88. The Morgan fingerprint density at radius 1 is 1.18 bits per heavy atom. The second kappa shape index (κ2) is 5.63. The highest BCUT2D eigenvalue weighted by atomic mass is 15.2. The van der Waals surface area contributed by atoms with Crippen LogP contribution in [0.3, 0.4) is 0 Å². The fourth-order valence-electron chi connectivity index (χ4n) is 2.56. The monoisotopic (exact) mass is 296 g/mol. The molecule has 3 N–H and O–H groups in total. The van der Waals surface area contributed by atoms with Crippen molar-refractivity contribution in [2.45, 2.75) is 26.3 Å². The van der Waals surface area contributed by atoms with Crippen molar-refractivity contribution in [3.05, 3.63) is 41.7 Å². The molecule has 2 aromatic heterocycles. The lowest BCUT2D eigenvalue weighted by molar-refractivity contribution is 0.745. The van der Waals surface area contributed by atoms with Crippen LogP contribution in [0, 0.1) is 6.92 Å². The average molecular weight is 296 g/mol. The van der Waals surface area contributed by atoms with Crippen LogP contribution in [-0.4, -0.2) is 19.5 Å². The zero-order chi connectivity index (χ0) is 15.7. The average Bonchev–Trinajstić information content (AvgIpc) is 2.81. The van der Waals surface area contributed by atoms with Crippen molar-refractivity contribution in [2.24, 2.45) is 7.05 Å². The van der Waals surface area contributed by atoms with E-state index in [-0.39, 0.29) is 12.0 Å². The van der Waals surface area contributed by atoms with Crippen LogP contribution in [0.25, 0.3) is 11.2 Å². The number of nitrogens with two attached hydrogens (primary N) is 1. The van der Waals surface area contributed by atoms with Crippen LogP contribution in [0.1, 0.15) is 30.8 Å². The van der Waals surface area contributed by atoms with Gasteiger partial charge in [0.05, 0.1) is 6.04 Å². The molecule has 6 nitrogen and oxygen atoms in total. The van der Waals surface area contributed by atoms with E-state index in [0.717, 1.165) is 23.4 Å². The predicted octanol–water partition coefficient (Wildman–Crippen LogP) is 2.82. The smallest absolute Gasteiger partial charge is 0.224 e. The Balaban J connectivity index is 2.04. The molecule has 1 aromatic carbocycles. The summed E-state index contributed by atoms with van der Waals surface area (Å²) < 4.78 is 1.92. The SMILES string of the molecule is CCC(Nc1nc(N)nc2c1nc(C)n2C)c1ccccc1. The van der Waals surface area contributed by atoms with Crippen molar-refractivity contribution in [1.29, 1.82) is 0 Å². The van der Waals surface area contributed by atoms with Gasteiger partial charge < -0.3 is 15.6 Å². The molecule has 114 valence electrons. The molecule has 0 saturated heterocycles. The van der Waals surface area contributed by atoms with E-state index in [1.165, 1.54) is 5.56 Å². The van der Waals surface area contributed by atoms with Gasteiger partial charge in [0.15, 0.2) is 17.0 Å². The number of fused-ring (bicyclic) bond motifs is 1. The maximum absolute atomic E-state index is 5.86. The molecule has 0 fully saturated rings. The maximum Gasteiger partial charge on any atom is 0.224 e. The van der Waals surface area contributed by atoms with Crippen molar-refractivity contribution < 1.29 is 0 Å². The van der Waals surface area contributed by atoms with E-state index >= 15 is 0 Å².